The van der Waals surface area contributed by atoms with Crippen molar-refractivity contribution in [2.75, 3.05) is 0 Å². The molecule has 0 unspecified atom stereocenters. The summed E-state index contributed by atoms with van der Waals surface area (Å²) in [5.41, 5.74) is 4.48. The standard InChI is InChI=1S/C24H24N6OS2/c1-4-18-25-23-20(16-10-7-14(3)11-17(16)33-23)21-27-29-24(30(18)21)32-12-19-26-28-22(31-19)15-8-5-13(2)6-9-15/h5-6,8-9,14H,4,7,10-12H2,1-3H3/t14-/m0/s1. The van der Waals surface area contributed by atoms with Crippen LogP contribution in [-0.4, -0.2) is 29.8 Å². The molecule has 1 aliphatic carbocycles. The molecule has 168 valence electrons. The van der Waals surface area contributed by atoms with Gasteiger partial charge in [0.25, 0.3) is 0 Å². The Morgan fingerprint density at radius 3 is 2.82 bits per heavy atom. The third-order valence-electron chi connectivity index (χ3n) is 6.25. The fourth-order valence-corrected chi connectivity index (χ4v) is 6.64. The van der Waals surface area contributed by atoms with Gasteiger partial charge < -0.3 is 4.42 Å². The van der Waals surface area contributed by atoms with Crippen LogP contribution in [0.25, 0.3) is 27.3 Å². The average Bonchev–Trinajstić information content (AvgIpc) is 3.53. The molecule has 0 fully saturated rings. The Morgan fingerprint density at radius 2 is 2.00 bits per heavy atom. The lowest BCUT2D eigenvalue weighted by atomic mass is 9.89. The van der Waals surface area contributed by atoms with Crippen LogP contribution in [0.15, 0.2) is 33.8 Å². The molecule has 0 saturated heterocycles. The highest BCUT2D eigenvalue weighted by Crippen LogP contribution is 2.40. The van der Waals surface area contributed by atoms with Crippen molar-refractivity contribution in [1.29, 1.82) is 0 Å². The number of nitrogens with zero attached hydrogens (tertiary/aromatic N) is 6. The second-order valence-corrected chi connectivity index (χ2v) is 10.7. The van der Waals surface area contributed by atoms with E-state index in [-0.39, 0.29) is 0 Å². The summed E-state index contributed by atoms with van der Waals surface area (Å²) < 4.78 is 8.02. The predicted molar refractivity (Wildman–Crippen MR) is 131 cm³/mol. The quantitative estimate of drug-likeness (QED) is 0.302. The van der Waals surface area contributed by atoms with Gasteiger partial charge in [-0.05, 0) is 49.8 Å². The maximum atomic E-state index is 5.90. The third kappa shape index (κ3) is 3.63. The monoisotopic (exact) mass is 476 g/mol. The van der Waals surface area contributed by atoms with Gasteiger partial charge in [-0.1, -0.05) is 43.3 Å². The van der Waals surface area contributed by atoms with E-state index in [1.165, 1.54) is 27.8 Å². The molecule has 0 radical (unpaired) electrons. The van der Waals surface area contributed by atoms with Crippen molar-refractivity contribution in [3.05, 3.63) is 52.0 Å². The van der Waals surface area contributed by atoms with Crippen molar-refractivity contribution in [3.8, 4) is 11.5 Å². The first-order valence-electron chi connectivity index (χ1n) is 11.3. The Hall–Kier alpha value is -2.78. The van der Waals surface area contributed by atoms with E-state index in [0.29, 0.717) is 17.5 Å². The van der Waals surface area contributed by atoms with E-state index in [0.717, 1.165) is 52.2 Å². The van der Waals surface area contributed by atoms with Gasteiger partial charge in [0.1, 0.15) is 10.7 Å². The summed E-state index contributed by atoms with van der Waals surface area (Å²) in [7, 11) is 0. The van der Waals surface area contributed by atoms with E-state index in [4.69, 9.17) is 9.40 Å². The number of aromatic nitrogens is 6. The number of fused-ring (bicyclic) bond motifs is 5. The minimum absolute atomic E-state index is 0.528. The lowest BCUT2D eigenvalue weighted by Gasteiger charge is -2.17. The zero-order chi connectivity index (χ0) is 22.5. The van der Waals surface area contributed by atoms with E-state index in [2.05, 4.69) is 45.6 Å². The Morgan fingerprint density at radius 1 is 1.15 bits per heavy atom. The minimum atomic E-state index is 0.528. The van der Waals surface area contributed by atoms with Gasteiger partial charge >= 0.3 is 0 Å². The van der Waals surface area contributed by atoms with E-state index in [9.17, 15) is 0 Å². The average molecular weight is 477 g/mol. The molecule has 6 rings (SSSR count). The Kier molecular flexibility index (Phi) is 5.18. The Labute approximate surface area is 199 Å². The van der Waals surface area contributed by atoms with Gasteiger partial charge in [-0.25, -0.2) is 4.98 Å². The van der Waals surface area contributed by atoms with E-state index in [1.54, 1.807) is 11.8 Å². The lowest BCUT2D eigenvalue weighted by molar-refractivity contribution is 0.509. The Bertz CT molecular complexity index is 1470. The molecule has 1 aliphatic rings. The summed E-state index contributed by atoms with van der Waals surface area (Å²) >= 11 is 3.39. The lowest BCUT2D eigenvalue weighted by Crippen LogP contribution is -2.09. The second-order valence-electron chi connectivity index (χ2n) is 8.71. The zero-order valence-corrected chi connectivity index (χ0v) is 20.5. The van der Waals surface area contributed by atoms with Crippen molar-refractivity contribution in [3.63, 3.8) is 0 Å². The summed E-state index contributed by atoms with van der Waals surface area (Å²) in [6, 6.07) is 8.08. The molecule has 5 aromatic rings. The molecule has 0 spiro atoms. The van der Waals surface area contributed by atoms with E-state index < -0.39 is 0 Å². The van der Waals surface area contributed by atoms with Gasteiger partial charge in [0.2, 0.25) is 11.8 Å². The number of aryl methyl sites for hydroxylation is 3. The first-order valence-corrected chi connectivity index (χ1v) is 13.1. The number of thiophene rings is 1. The van der Waals surface area contributed by atoms with Gasteiger partial charge in [-0.2, -0.15) is 0 Å². The molecule has 4 heterocycles. The summed E-state index contributed by atoms with van der Waals surface area (Å²) in [5, 5.41) is 19.6. The van der Waals surface area contributed by atoms with Crippen LogP contribution in [0, 0.1) is 12.8 Å². The van der Waals surface area contributed by atoms with Crippen LogP contribution in [-0.2, 0) is 25.0 Å². The first-order chi connectivity index (χ1) is 16.1. The third-order valence-corrected chi connectivity index (χ3v) is 8.31. The molecule has 1 atom stereocenters. The van der Waals surface area contributed by atoms with E-state index in [1.807, 2.05) is 35.6 Å². The smallest absolute Gasteiger partial charge is 0.247 e. The van der Waals surface area contributed by atoms with Gasteiger partial charge in [-0.15, -0.1) is 31.7 Å². The van der Waals surface area contributed by atoms with Crippen LogP contribution in [0.1, 0.15) is 48.0 Å². The van der Waals surface area contributed by atoms with Crippen LogP contribution in [0.4, 0.5) is 0 Å². The highest BCUT2D eigenvalue weighted by molar-refractivity contribution is 7.98. The SMILES string of the molecule is CCc1nc2sc3c(c2c2nnc(SCc4nnc(-c5ccc(C)cc5)o4)n12)CC[C@H](C)C3. The zero-order valence-electron chi connectivity index (χ0n) is 18.8. The van der Waals surface area contributed by atoms with Crippen molar-refractivity contribution < 1.29 is 4.42 Å². The van der Waals surface area contributed by atoms with Gasteiger partial charge in [0.15, 0.2) is 10.8 Å². The topological polar surface area (TPSA) is 82.0 Å². The molecule has 9 heteroatoms. The summed E-state index contributed by atoms with van der Waals surface area (Å²) in [6.07, 6.45) is 4.27. The molecule has 0 aliphatic heterocycles. The molecule has 4 aromatic heterocycles. The molecule has 0 bridgehead atoms. The number of thioether (sulfide) groups is 1. The maximum absolute atomic E-state index is 5.90. The predicted octanol–water partition coefficient (Wildman–Crippen LogP) is 5.68. The molecular formula is C24H24N6OS2. The normalized spacial score (nSPS) is 16.0. The second kappa shape index (κ2) is 8.22. The van der Waals surface area contributed by atoms with Crippen molar-refractivity contribution in [2.45, 2.75) is 57.4 Å². The number of hydrogen-bond acceptors (Lipinski definition) is 8. The highest BCUT2D eigenvalue weighted by atomic mass is 32.2. The summed E-state index contributed by atoms with van der Waals surface area (Å²) in [6.45, 7) is 6.52. The van der Waals surface area contributed by atoms with Gasteiger partial charge in [-0.3, -0.25) is 4.40 Å². The molecule has 33 heavy (non-hydrogen) atoms. The van der Waals surface area contributed by atoms with Gasteiger partial charge in [0.05, 0.1) is 11.1 Å². The number of hydrogen-bond donors (Lipinski definition) is 0. The molecule has 0 N–H and O–H groups in total. The van der Waals surface area contributed by atoms with Crippen molar-refractivity contribution in [2.24, 2.45) is 5.92 Å². The summed E-state index contributed by atoms with van der Waals surface area (Å²) in [5.74, 6) is 3.35. The number of rotatable bonds is 5. The molecule has 1 aromatic carbocycles. The minimum Gasteiger partial charge on any atom is -0.420 e. The van der Waals surface area contributed by atoms with Crippen LogP contribution >= 0.6 is 23.1 Å². The molecule has 7 nitrogen and oxygen atoms in total. The molecular weight excluding hydrogens is 452 g/mol. The molecule has 0 saturated carbocycles. The van der Waals surface area contributed by atoms with E-state index >= 15 is 0 Å². The summed E-state index contributed by atoms with van der Waals surface area (Å²) in [4.78, 5) is 7.60. The number of benzene rings is 1. The fourth-order valence-electron chi connectivity index (χ4n) is 4.46. The van der Waals surface area contributed by atoms with Crippen molar-refractivity contribution in [1.82, 2.24) is 29.8 Å². The molecule has 0 amide bonds. The first kappa shape index (κ1) is 20.8. The van der Waals surface area contributed by atoms with Crippen LogP contribution in [0.3, 0.4) is 0 Å². The van der Waals surface area contributed by atoms with Crippen molar-refractivity contribution >= 4 is 39.0 Å². The highest BCUT2D eigenvalue weighted by Gasteiger charge is 2.25. The van der Waals surface area contributed by atoms with Gasteiger partial charge in [0, 0.05) is 16.9 Å². The Balaban J connectivity index is 1.33. The largest absolute Gasteiger partial charge is 0.420 e. The maximum Gasteiger partial charge on any atom is 0.247 e. The fraction of sp³-hybridized carbons (Fsp3) is 0.375. The van der Waals surface area contributed by atoms with Crippen LogP contribution in [0.5, 0.6) is 0 Å². The van der Waals surface area contributed by atoms with Crippen LogP contribution in [0.2, 0.25) is 0 Å². The van der Waals surface area contributed by atoms with Crippen LogP contribution < -0.4 is 0 Å².